The standard InChI is InChI=1S/C13H21N5O3.C8H9Cl/c1-10(17-16-3)21-9-7-11(6-5-8-14)12(18-20-4)13(19)15-2;1-2-7-3-5-8(9)6-4-7/h5-6,8H,3,7,9,14H2,1-2,4H3,(H,15,19);3-6H,2H2,1H3/b8-5-,11-6+,17-10+,18-12+;. The highest BCUT2D eigenvalue weighted by Gasteiger charge is 2.16. The molecular weight excluding hydrogens is 406 g/mol. The lowest BCUT2D eigenvalue weighted by Crippen LogP contribution is -2.29. The lowest BCUT2D eigenvalue weighted by molar-refractivity contribution is -0.114. The number of aryl methyl sites for hydroxylation is 1. The van der Waals surface area contributed by atoms with Crippen LogP contribution in [0.3, 0.4) is 0 Å². The highest BCUT2D eigenvalue weighted by molar-refractivity contribution is 6.45. The Morgan fingerprint density at radius 1 is 1.33 bits per heavy atom. The number of allylic oxidation sites excluding steroid dienone is 2. The van der Waals surface area contributed by atoms with Crippen LogP contribution in [0, 0.1) is 0 Å². The number of halogens is 1. The van der Waals surface area contributed by atoms with Gasteiger partial charge in [0.05, 0.1) is 6.61 Å². The first-order valence-electron chi connectivity index (χ1n) is 9.21. The Morgan fingerprint density at radius 3 is 2.50 bits per heavy atom. The van der Waals surface area contributed by atoms with E-state index in [0.717, 1.165) is 11.4 Å². The maximum Gasteiger partial charge on any atom is 0.273 e. The van der Waals surface area contributed by atoms with Gasteiger partial charge < -0.3 is 20.6 Å². The van der Waals surface area contributed by atoms with Crippen molar-refractivity contribution in [2.75, 3.05) is 20.8 Å². The van der Waals surface area contributed by atoms with Crippen LogP contribution in [0.25, 0.3) is 0 Å². The van der Waals surface area contributed by atoms with Gasteiger partial charge in [0.25, 0.3) is 5.91 Å². The summed E-state index contributed by atoms with van der Waals surface area (Å²) >= 11 is 5.67. The molecule has 1 aromatic rings. The predicted molar refractivity (Wildman–Crippen MR) is 124 cm³/mol. The van der Waals surface area contributed by atoms with Gasteiger partial charge in [0.1, 0.15) is 7.11 Å². The van der Waals surface area contributed by atoms with Crippen molar-refractivity contribution in [1.29, 1.82) is 0 Å². The molecule has 0 fully saturated rings. The number of nitrogens with one attached hydrogen (secondary N) is 1. The minimum absolute atomic E-state index is 0.151. The Bertz CT molecular complexity index is 771. The number of nitrogens with two attached hydrogens (primary N) is 1. The van der Waals surface area contributed by atoms with Crippen molar-refractivity contribution in [2.45, 2.75) is 26.7 Å². The zero-order chi connectivity index (χ0) is 22.8. The van der Waals surface area contributed by atoms with Crippen LogP contribution in [0.5, 0.6) is 0 Å². The molecule has 1 amide bonds. The van der Waals surface area contributed by atoms with Crippen LogP contribution in [0.4, 0.5) is 0 Å². The van der Waals surface area contributed by atoms with Crippen molar-refractivity contribution >= 4 is 35.8 Å². The van der Waals surface area contributed by atoms with Gasteiger partial charge in [-0.2, -0.15) is 5.10 Å². The molecule has 0 atom stereocenters. The first-order chi connectivity index (χ1) is 14.4. The van der Waals surface area contributed by atoms with E-state index in [1.165, 1.54) is 25.9 Å². The lowest BCUT2D eigenvalue weighted by Gasteiger charge is -2.09. The second-order valence-corrected chi connectivity index (χ2v) is 6.05. The van der Waals surface area contributed by atoms with E-state index in [0.29, 0.717) is 17.9 Å². The molecule has 1 aromatic carbocycles. The van der Waals surface area contributed by atoms with Crippen molar-refractivity contribution in [3.8, 4) is 0 Å². The molecule has 8 nitrogen and oxygen atoms in total. The number of benzene rings is 1. The average molecular weight is 436 g/mol. The summed E-state index contributed by atoms with van der Waals surface area (Å²) < 4.78 is 5.33. The minimum atomic E-state index is -0.369. The molecule has 0 spiro atoms. The summed E-state index contributed by atoms with van der Waals surface area (Å²) in [5.41, 5.74) is 7.40. The normalized spacial score (nSPS) is 12.1. The third-order valence-electron chi connectivity index (χ3n) is 3.55. The van der Waals surface area contributed by atoms with Crippen molar-refractivity contribution in [3.63, 3.8) is 0 Å². The van der Waals surface area contributed by atoms with E-state index >= 15 is 0 Å². The summed E-state index contributed by atoms with van der Waals surface area (Å²) in [5.74, 6) is 0.00978. The zero-order valence-electron chi connectivity index (χ0n) is 17.9. The summed E-state index contributed by atoms with van der Waals surface area (Å²) in [6.45, 7) is 7.30. The molecule has 9 heteroatoms. The maximum atomic E-state index is 11.8. The number of hydrogen-bond donors (Lipinski definition) is 2. The second-order valence-electron chi connectivity index (χ2n) is 5.62. The summed E-state index contributed by atoms with van der Waals surface area (Å²) in [6.07, 6.45) is 6.09. The van der Waals surface area contributed by atoms with E-state index in [2.05, 4.69) is 34.3 Å². The molecule has 0 heterocycles. The highest BCUT2D eigenvalue weighted by atomic mass is 35.5. The summed E-state index contributed by atoms with van der Waals surface area (Å²) in [5, 5.41) is 14.0. The molecule has 0 bridgehead atoms. The van der Waals surface area contributed by atoms with Crippen LogP contribution in [-0.4, -0.2) is 45.0 Å². The van der Waals surface area contributed by atoms with Crippen molar-refractivity contribution in [1.82, 2.24) is 5.32 Å². The quantitative estimate of drug-likeness (QED) is 0.267. The largest absolute Gasteiger partial charge is 0.480 e. The van der Waals surface area contributed by atoms with Crippen LogP contribution < -0.4 is 11.1 Å². The van der Waals surface area contributed by atoms with Gasteiger partial charge in [-0.15, -0.1) is 5.10 Å². The Hall–Kier alpha value is -3.13. The summed E-state index contributed by atoms with van der Waals surface area (Å²) in [4.78, 5) is 16.5. The van der Waals surface area contributed by atoms with Gasteiger partial charge in [0.2, 0.25) is 5.90 Å². The Balaban J connectivity index is 0.000000769. The topological polar surface area (TPSA) is 111 Å². The van der Waals surface area contributed by atoms with Gasteiger partial charge in [-0.3, -0.25) is 4.79 Å². The maximum absolute atomic E-state index is 11.8. The zero-order valence-corrected chi connectivity index (χ0v) is 18.6. The number of hydrogen-bond acceptors (Lipinski definition) is 7. The Labute approximate surface area is 183 Å². The Morgan fingerprint density at radius 2 is 2.00 bits per heavy atom. The Kier molecular flexibility index (Phi) is 15.0. The molecule has 0 unspecified atom stereocenters. The van der Waals surface area contributed by atoms with E-state index in [9.17, 15) is 4.79 Å². The van der Waals surface area contributed by atoms with Crippen LogP contribution in [0.1, 0.15) is 25.8 Å². The SMILES string of the molecule is C=N/N=C(\C)OCCC(=C\C=C/N)/C(=N\OC)C(=O)NC.CCc1ccc(Cl)cc1. The van der Waals surface area contributed by atoms with E-state index in [1.54, 1.807) is 19.1 Å². The summed E-state index contributed by atoms with van der Waals surface area (Å²) in [7, 11) is 2.87. The molecule has 0 saturated heterocycles. The molecular formula is C21H30ClN5O3. The number of oxime groups is 1. The fraction of sp³-hybridized carbons (Fsp3) is 0.333. The molecule has 0 saturated carbocycles. The van der Waals surface area contributed by atoms with E-state index in [-0.39, 0.29) is 18.2 Å². The van der Waals surface area contributed by atoms with Gasteiger partial charge in [0, 0.05) is 32.1 Å². The molecule has 0 aliphatic carbocycles. The molecule has 1 rings (SSSR count). The smallest absolute Gasteiger partial charge is 0.273 e. The average Bonchev–Trinajstić information content (AvgIpc) is 2.75. The lowest BCUT2D eigenvalue weighted by atomic mass is 10.1. The monoisotopic (exact) mass is 435 g/mol. The highest BCUT2D eigenvalue weighted by Crippen LogP contribution is 2.09. The number of carbonyl (C=O) groups excluding carboxylic acids is 1. The number of amides is 1. The molecule has 0 aliphatic heterocycles. The second kappa shape index (κ2) is 16.8. The van der Waals surface area contributed by atoms with Gasteiger partial charge >= 0.3 is 0 Å². The fourth-order valence-electron chi connectivity index (χ4n) is 2.07. The molecule has 0 aromatic heterocycles. The molecule has 30 heavy (non-hydrogen) atoms. The first-order valence-corrected chi connectivity index (χ1v) is 9.59. The first kappa shape index (κ1) is 26.9. The third-order valence-corrected chi connectivity index (χ3v) is 3.80. The van der Waals surface area contributed by atoms with E-state index < -0.39 is 0 Å². The van der Waals surface area contributed by atoms with Crippen LogP contribution >= 0.6 is 11.6 Å². The van der Waals surface area contributed by atoms with Crippen LogP contribution in [0.2, 0.25) is 5.02 Å². The molecule has 164 valence electrons. The summed E-state index contributed by atoms with van der Waals surface area (Å²) in [6, 6.07) is 7.92. The molecule has 0 aliphatic rings. The fourth-order valence-corrected chi connectivity index (χ4v) is 2.19. The van der Waals surface area contributed by atoms with E-state index in [4.69, 9.17) is 26.9 Å². The van der Waals surface area contributed by atoms with Crippen LogP contribution in [-0.2, 0) is 20.8 Å². The van der Waals surface area contributed by atoms with Gasteiger partial charge in [0.15, 0.2) is 5.71 Å². The van der Waals surface area contributed by atoms with Gasteiger partial charge in [-0.05, 0) is 42.0 Å². The molecule has 0 radical (unpaired) electrons. The van der Waals surface area contributed by atoms with Gasteiger partial charge in [-0.25, -0.2) is 0 Å². The van der Waals surface area contributed by atoms with Crippen LogP contribution in [0.15, 0.2) is 63.5 Å². The third kappa shape index (κ3) is 11.7. The molecule has 3 N–H and O–H groups in total. The van der Waals surface area contributed by atoms with Gasteiger partial charge in [-0.1, -0.05) is 41.9 Å². The number of ether oxygens (including phenoxy) is 1. The number of carbonyl (C=O) groups is 1. The minimum Gasteiger partial charge on any atom is -0.480 e. The van der Waals surface area contributed by atoms with E-state index in [1.807, 2.05) is 24.3 Å². The number of rotatable bonds is 9. The number of nitrogens with zero attached hydrogens (tertiary/aromatic N) is 3. The predicted octanol–water partition coefficient (Wildman–Crippen LogP) is 3.48. The van der Waals surface area contributed by atoms with Crippen molar-refractivity contribution < 1.29 is 14.4 Å². The van der Waals surface area contributed by atoms with Crippen molar-refractivity contribution in [2.24, 2.45) is 21.1 Å². The van der Waals surface area contributed by atoms with Crippen molar-refractivity contribution in [3.05, 3.63) is 58.8 Å².